The fourth-order valence-electron chi connectivity index (χ4n) is 2.94. The van der Waals surface area contributed by atoms with E-state index in [1.807, 2.05) is 43.3 Å². The van der Waals surface area contributed by atoms with Gasteiger partial charge in [-0.2, -0.15) is 0 Å². The average Bonchev–Trinajstić information content (AvgIpc) is 3.01. The van der Waals surface area contributed by atoms with Gasteiger partial charge in [-0.05, 0) is 43.2 Å². The number of methoxy groups -OCH3 is 1. The molecule has 0 aliphatic rings. The van der Waals surface area contributed by atoms with E-state index in [0.29, 0.717) is 5.58 Å². The van der Waals surface area contributed by atoms with Crippen molar-refractivity contribution in [2.75, 3.05) is 19.0 Å². The molecular weight excluding hydrogens is 314 g/mol. The molecule has 0 saturated heterocycles. The molecule has 126 valence electrons. The number of rotatable bonds is 5. The SMILES string of the molecule is COc1ccc(CCNc2nc(C)nc3c2oc2ccccc23)cc1. The van der Waals surface area contributed by atoms with E-state index >= 15 is 0 Å². The minimum atomic E-state index is 0.710. The summed E-state index contributed by atoms with van der Waals surface area (Å²) in [6, 6.07) is 16.0. The van der Waals surface area contributed by atoms with Crippen molar-refractivity contribution in [3.05, 3.63) is 59.9 Å². The number of fused-ring (bicyclic) bond motifs is 3. The largest absolute Gasteiger partial charge is 0.497 e. The minimum Gasteiger partial charge on any atom is -0.497 e. The van der Waals surface area contributed by atoms with Gasteiger partial charge in [0, 0.05) is 11.9 Å². The van der Waals surface area contributed by atoms with Crippen molar-refractivity contribution >= 4 is 27.9 Å². The maximum atomic E-state index is 5.97. The molecule has 0 amide bonds. The topological polar surface area (TPSA) is 60.2 Å². The summed E-state index contributed by atoms with van der Waals surface area (Å²) in [5.41, 5.74) is 3.63. The third kappa shape index (κ3) is 3.01. The lowest BCUT2D eigenvalue weighted by Crippen LogP contribution is -2.07. The second kappa shape index (κ2) is 6.43. The number of ether oxygens (including phenoxy) is 1. The van der Waals surface area contributed by atoms with E-state index in [-0.39, 0.29) is 0 Å². The van der Waals surface area contributed by atoms with Crippen molar-refractivity contribution in [1.29, 1.82) is 0 Å². The van der Waals surface area contributed by atoms with Crippen molar-refractivity contribution in [2.45, 2.75) is 13.3 Å². The summed E-state index contributed by atoms with van der Waals surface area (Å²) in [5.74, 6) is 2.34. The number of furan rings is 1. The zero-order valence-electron chi connectivity index (χ0n) is 14.2. The second-order valence-electron chi connectivity index (χ2n) is 5.92. The summed E-state index contributed by atoms with van der Waals surface area (Å²) in [6.07, 6.45) is 0.884. The van der Waals surface area contributed by atoms with Gasteiger partial charge >= 0.3 is 0 Å². The van der Waals surface area contributed by atoms with E-state index in [4.69, 9.17) is 9.15 Å². The van der Waals surface area contributed by atoms with Crippen LogP contribution in [0.15, 0.2) is 52.9 Å². The number of hydrogen-bond acceptors (Lipinski definition) is 5. The number of anilines is 1. The van der Waals surface area contributed by atoms with Crippen LogP contribution in [0.25, 0.3) is 22.1 Å². The molecule has 0 unspecified atom stereocenters. The molecule has 5 heteroatoms. The smallest absolute Gasteiger partial charge is 0.196 e. The van der Waals surface area contributed by atoms with Crippen LogP contribution in [0.3, 0.4) is 0 Å². The van der Waals surface area contributed by atoms with E-state index in [9.17, 15) is 0 Å². The number of para-hydroxylation sites is 1. The molecule has 0 aliphatic carbocycles. The number of aryl methyl sites for hydroxylation is 1. The number of nitrogens with one attached hydrogen (secondary N) is 1. The fraction of sp³-hybridized carbons (Fsp3) is 0.200. The Bertz CT molecular complexity index is 1020. The predicted octanol–water partition coefficient (Wildman–Crippen LogP) is 4.35. The zero-order valence-corrected chi connectivity index (χ0v) is 14.2. The molecule has 0 saturated carbocycles. The van der Waals surface area contributed by atoms with Gasteiger partial charge in [-0.15, -0.1) is 0 Å². The maximum Gasteiger partial charge on any atom is 0.196 e. The van der Waals surface area contributed by atoms with Crippen molar-refractivity contribution in [3.63, 3.8) is 0 Å². The van der Waals surface area contributed by atoms with Gasteiger partial charge in [0.15, 0.2) is 11.4 Å². The average molecular weight is 333 g/mol. The van der Waals surface area contributed by atoms with Crippen molar-refractivity contribution in [3.8, 4) is 5.75 Å². The second-order valence-corrected chi connectivity index (χ2v) is 5.92. The van der Waals surface area contributed by atoms with Gasteiger partial charge < -0.3 is 14.5 Å². The Morgan fingerprint density at radius 3 is 2.64 bits per heavy atom. The number of aromatic nitrogens is 2. The Balaban J connectivity index is 1.58. The molecule has 1 N–H and O–H groups in total. The summed E-state index contributed by atoms with van der Waals surface area (Å²) in [7, 11) is 1.67. The van der Waals surface area contributed by atoms with Gasteiger partial charge in [0.1, 0.15) is 22.7 Å². The molecule has 0 atom stereocenters. The van der Waals surface area contributed by atoms with Gasteiger partial charge in [0.05, 0.1) is 7.11 Å². The van der Waals surface area contributed by atoms with E-state index in [1.54, 1.807) is 7.11 Å². The first kappa shape index (κ1) is 15.4. The monoisotopic (exact) mass is 333 g/mol. The van der Waals surface area contributed by atoms with Crippen LogP contribution in [0, 0.1) is 6.92 Å². The normalized spacial score (nSPS) is 11.1. The maximum absolute atomic E-state index is 5.97. The highest BCUT2D eigenvalue weighted by atomic mass is 16.5. The molecule has 2 heterocycles. The Kier molecular flexibility index (Phi) is 3.98. The van der Waals surface area contributed by atoms with E-state index in [2.05, 4.69) is 27.4 Å². The van der Waals surface area contributed by atoms with Crippen molar-refractivity contribution < 1.29 is 9.15 Å². The van der Waals surface area contributed by atoms with Gasteiger partial charge in [-0.3, -0.25) is 0 Å². The summed E-state index contributed by atoms with van der Waals surface area (Å²) in [6.45, 7) is 2.66. The van der Waals surface area contributed by atoms with Gasteiger partial charge in [0.25, 0.3) is 0 Å². The van der Waals surface area contributed by atoms with Crippen molar-refractivity contribution in [1.82, 2.24) is 9.97 Å². The summed E-state index contributed by atoms with van der Waals surface area (Å²) >= 11 is 0. The van der Waals surface area contributed by atoms with E-state index in [1.165, 1.54) is 5.56 Å². The number of nitrogens with zero attached hydrogens (tertiary/aromatic N) is 2. The number of hydrogen-bond donors (Lipinski definition) is 1. The third-order valence-corrected chi connectivity index (χ3v) is 4.20. The molecule has 2 aromatic carbocycles. The lowest BCUT2D eigenvalue weighted by atomic mass is 10.1. The van der Waals surface area contributed by atoms with Gasteiger partial charge in [0.2, 0.25) is 0 Å². The van der Waals surface area contributed by atoms with E-state index in [0.717, 1.165) is 46.8 Å². The molecular formula is C20H19N3O2. The molecule has 0 radical (unpaired) electrons. The van der Waals surface area contributed by atoms with Crippen LogP contribution in [0.5, 0.6) is 5.75 Å². The summed E-state index contributed by atoms with van der Waals surface area (Å²) in [4.78, 5) is 9.07. The lowest BCUT2D eigenvalue weighted by Gasteiger charge is -2.07. The molecule has 4 rings (SSSR count). The summed E-state index contributed by atoms with van der Waals surface area (Å²) < 4.78 is 11.2. The molecule has 25 heavy (non-hydrogen) atoms. The Labute approximate surface area is 145 Å². The third-order valence-electron chi connectivity index (χ3n) is 4.20. The Hall–Kier alpha value is -3.08. The highest BCUT2D eigenvalue weighted by Gasteiger charge is 2.14. The van der Waals surface area contributed by atoms with Crippen LogP contribution in [0.1, 0.15) is 11.4 Å². The molecule has 5 nitrogen and oxygen atoms in total. The van der Waals surface area contributed by atoms with Crippen LogP contribution in [0.2, 0.25) is 0 Å². The van der Waals surface area contributed by atoms with Crippen LogP contribution in [0.4, 0.5) is 5.82 Å². The van der Waals surface area contributed by atoms with Crippen LogP contribution >= 0.6 is 0 Å². The quantitative estimate of drug-likeness (QED) is 0.588. The van der Waals surface area contributed by atoms with Crippen LogP contribution in [-0.4, -0.2) is 23.6 Å². The molecule has 0 spiro atoms. The molecule has 0 fully saturated rings. The molecule has 4 aromatic rings. The molecule has 0 bridgehead atoms. The first-order valence-electron chi connectivity index (χ1n) is 8.27. The lowest BCUT2D eigenvalue weighted by molar-refractivity contribution is 0.414. The Morgan fingerprint density at radius 1 is 1.04 bits per heavy atom. The Morgan fingerprint density at radius 2 is 1.84 bits per heavy atom. The number of benzene rings is 2. The summed E-state index contributed by atoms with van der Waals surface area (Å²) in [5, 5.41) is 4.41. The molecule has 0 aliphatic heterocycles. The highest BCUT2D eigenvalue weighted by Crippen LogP contribution is 2.30. The van der Waals surface area contributed by atoms with Crippen molar-refractivity contribution in [2.24, 2.45) is 0 Å². The van der Waals surface area contributed by atoms with E-state index < -0.39 is 0 Å². The van der Waals surface area contributed by atoms with Crippen LogP contribution < -0.4 is 10.1 Å². The molecule has 2 aromatic heterocycles. The minimum absolute atomic E-state index is 0.710. The van der Waals surface area contributed by atoms with Gasteiger partial charge in [-0.25, -0.2) is 9.97 Å². The van der Waals surface area contributed by atoms with Crippen LogP contribution in [-0.2, 0) is 6.42 Å². The standard InChI is InChI=1S/C20H19N3O2/c1-13-22-18-16-5-3-4-6-17(16)25-19(18)20(23-13)21-12-11-14-7-9-15(24-2)10-8-14/h3-10H,11-12H2,1-2H3,(H,21,22,23). The zero-order chi connectivity index (χ0) is 17.2. The fourth-order valence-corrected chi connectivity index (χ4v) is 2.94. The first-order chi connectivity index (χ1) is 12.2. The first-order valence-corrected chi connectivity index (χ1v) is 8.27. The predicted molar refractivity (Wildman–Crippen MR) is 99.2 cm³/mol. The highest BCUT2D eigenvalue weighted by molar-refractivity contribution is 6.05. The van der Waals surface area contributed by atoms with Gasteiger partial charge in [-0.1, -0.05) is 24.3 Å².